The number of nitro benzene ring substituents is 1. The van der Waals surface area contributed by atoms with E-state index in [4.69, 9.17) is 9.47 Å². The number of ether oxygens (including phenoxy) is 2. The first kappa shape index (κ1) is 16.8. The Bertz CT molecular complexity index is 1020. The molecule has 0 N–H and O–H groups in total. The maximum absolute atomic E-state index is 11.0. The first-order valence-electron chi connectivity index (χ1n) is 9.25. The average molecular weight is 375 g/mol. The third kappa shape index (κ3) is 2.38. The Labute approximate surface area is 161 Å². The molecule has 0 saturated carbocycles. The summed E-state index contributed by atoms with van der Waals surface area (Å²) in [5.41, 5.74) is 2.35. The van der Waals surface area contributed by atoms with E-state index >= 15 is 0 Å². The number of benzene rings is 2. The molecule has 1 fully saturated rings. The molecule has 0 radical (unpaired) electrons. The number of rotatable bonds is 2. The lowest BCUT2D eigenvalue weighted by Gasteiger charge is -2.45. The van der Waals surface area contributed by atoms with E-state index in [-0.39, 0.29) is 23.8 Å². The molecule has 3 aliphatic heterocycles. The van der Waals surface area contributed by atoms with Gasteiger partial charge in [0.25, 0.3) is 5.69 Å². The number of para-hydroxylation sites is 2. The van der Waals surface area contributed by atoms with Gasteiger partial charge in [-0.25, -0.2) is 0 Å². The van der Waals surface area contributed by atoms with E-state index in [0.717, 1.165) is 24.1 Å². The van der Waals surface area contributed by atoms with Crippen molar-refractivity contribution in [3.05, 3.63) is 75.7 Å². The van der Waals surface area contributed by atoms with E-state index in [1.807, 2.05) is 29.2 Å². The zero-order valence-electron chi connectivity index (χ0n) is 14.9. The minimum absolute atomic E-state index is 0.0355. The van der Waals surface area contributed by atoms with Gasteiger partial charge in [-0.3, -0.25) is 15.0 Å². The zero-order valence-corrected chi connectivity index (χ0v) is 14.9. The summed E-state index contributed by atoms with van der Waals surface area (Å²) in [6, 6.07) is 16.5. The van der Waals surface area contributed by atoms with Crippen molar-refractivity contribution in [2.75, 3.05) is 11.5 Å². The van der Waals surface area contributed by atoms with Crippen molar-refractivity contribution in [2.45, 2.75) is 25.0 Å². The van der Waals surface area contributed by atoms with E-state index in [0.29, 0.717) is 23.8 Å². The normalized spacial score (nSPS) is 25.2. The van der Waals surface area contributed by atoms with Crippen molar-refractivity contribution >= 4 is 11.4 Å². The van der Waals surface area contributed by atoms with Crippen LogP contribution in [0, 0.1) is 27.4 Å². The van der Waals surface area contributed by atoms with Crippen molar-refractivity contribution in [2.24, 2.45) is 5.92 Å². The lowest BCUT2D eigenvalue weighted by Crippen LogP contribution is -2.50. The first-order chi connectivity index (χ1) is 13.7. The number of fused-ring (bicyclic) bond motifs is 5. The molecule has 0 bridgehead atoms. The van der Waals surface area contributed by atoms with Gasteiger partial charge < -0.3 is 9.47 Å². The highest BCUT2D eigenvalue weighted by Crippen LogP contribution is 2.53. The van der Waals surface area contributed by atoms with Gasteiger partial charge in [-0.1, -0.05) is 24.3 Å². The fourth-order valence-corrected chi connectivity index (χ4v) is 4.51. The quantitative estimate of drug-likeness (QED) is 0.580. The predicted molar refractivity (Wildman–Crippen MR) is 100 cm³/mol. The Balaban J connectivity index is 1.66. The molecule has 0 unspecified atom stereocenters. The van der Waals surface area contributed by atoms with Gasteiger partial charge in [0.15, 0.2) is 5.75 Å². The molecule has 5 rings (SSSR count). The summed E-state index contributed by atoms with van der Waals surface area (Å²) in [5.74, 6) is 1.05. The van der Waals surface area contributed by atoms with E-state index < -0.39 is 4.92 Å². The molecule has 7 heteroatoms. The van der Waals surface area contributed by atoms with Crippen molar-refractivity contribution in [3.63, 3.8) is 0 Å². The summed E-state index contributed by atoms with van der Waals surface area (Å²) in [6.07, 6.45) is 1.59. The topological polar surface area (TPSA) is 88.6 Å². The van der Waals surface area contributed by atoms with Crippen LogP contribution in [0.2, 0.25) is 0 Å². The summed E-state index contributed by atoms with van der Waals surface area (Å²) in [4.78, 5) is 12.6. The highest BCUT2D eigenvalue weighted by atomic mass is 16.6. The van der Waals surface area contributed by atoms with Crippen LogP contribution in [0.1, 0.15) is 24.3 Å². The molecule has 7 nitrogen and oxygen atoms in total. The number of hydrogen-bond acceptors (Lipinski definition) is 6. The van der Waals surface area contributed by atoms with Crippen LogP contribution in [0.4, 0.5) is 11.4 Å². The second-order valence-electron chi connectivity index (χ2n) is 7.16. The van der Waals surface area contributed by atoms with E-state index in [1.54, 1.807) is 12.1 Å². The SMILES string of the molecule is N#CC1=C2Oc3ccccc3N2[C@@H]2OCCC[C@@H]2[C@@H]1c1ccc([N+](=O)[O-])cc1. The number of nitrogens with zero attached hydrogens (tertiary/aromatic N) is 3. The molecule has 1 saturated heterocycles. The lowest BCUT2D eigenvalue weighted by atomic mass is 9.74. The smallest absolute Gasteiger partial charge is 0.269 e. The lowest BCUT2D eigenvalue weighted by molar-refractivity contribution is -0.384. The standard InChI is InChI=1S/C21H17N3O4/c22-12-16-19(13-7-9-14(10-8-13)24(25)26)15-4-3-11-27-20(15)23-17-5-1-2-6-18(17)28-21(16)23/h1-2,5-10,15,19-20H,3-4,11H2/t15-,19+,20-/m1/s1. The molecule has 0 spiro atoms. The molecular formula is C21H17N3O4. The van der Waals surface area contributed by atoms with Gasteiger partial charge in [0.05, 0.1) is 16.2 Å². The molecule has 3 heterocycles. The predicted octanol–water partition coefficient (Wildman–Crippen LogP) is 4.08. The largest absolute Gasteiger partial charge is 0.437 e. The van der Waals surface area contributed by atoms with Crippen molar-refractivity contribution in [3.8, 4) is 11.8 Å². The van der Waals surface area contributed by atoms with Crippen LogP contribution in [-0.2, 0) is 4.74 Å². The molecule has 0 aromatic heterocycles. The summed E-state index contributed by atoms with van der Waals surface area (Å²) in [5, 5.41) is 21.0. The average Bonchev–Trinajstić information content (AvgIpc) is 3.12. The Morgan fingerprint density at radius 3 is 2.71 bits per heavy atom. The first-order valence-corrected chi connectivity index (χ1v) is 9.25. The third-order valence-electron chi connectivity index (χ3n) is 5.69. The second-order valence-corrected chi connectivity index (χ2v) is 7.16. The van der Waals surface area contributed by atoms with Gasteiger partial charge in [-0.15, -0.1) is 0 Å². The van der Waals surface area contributed by atoms with Crippen molar-refractivity contribution in [1.29, 1.82) is 5.26 Å². The molecule has 0 amide bonds. The monoisotopic (exact) mass is 375 g/mol. The van der Waals surface area contributed by atoms with Crippen molar-refractivity contribution in [1.82, 2.24) is 0 Å². The molecule has 28 heavy (non-hydrogen) atoms. The fraction of sp³-hybridized carbons (Fsp3) is 0.286. The maximum Gasteiger partial charge on any atom is 0.269 e. The molecule has 140 valence electrons. The summed E-state index contributed by atoms with van der Waals surface area (Å²) in [7, 11) is 0. The number of allylic oxidation sites excluding steroid dienone is 1. The van der Waals surface area contributed by atoms with E-state index in [9.17, 15) is 15.4 Å². The Hall–Kier alpha value is -3.37. The zero-order chi connectivity index (χ0) is 19.3. The van der Waals surface area contributed by atoms with E-state index in [1.165, 1.54) is 12.1 Å². The van der Waals surface area contributed by atoms with Gasteiger partial charge in [0.2, 0.25) is 5.88 Å². The highest BCUT2D eigenvalue weighted by Gasteiger charge is 2.50. The van der Waals surface area contributed by atoms with Crippen LogP contribution in [0.15, 0.2) is 60.0 Å². The fourth-order valence-electron chi connectivity index (χ4n) is 4.51. The molecule has 0 aliphatic carbocycles. The maximum atomic E-state index is 11.0. The van der Waals surface area contributed by atoms with Crippen LogP contribution in [-0.4, -0.2) is 17.8 Å². The highest BCUT2D eigenvalue weighted by molar-refractivity contribution is 5.70. The van der Waals surface area contributed by atoms with Gasteiger partial charge in [0, 0.05) is 30.6 Å². The van der Waals surface area contributed by atoms with Crippen LogP contribution >= 0.6 is 0 Å². The van der Waals surface area contributed by atoms with Crippen molar-refractivity contribution < 1.29 is 14.4 Å². The molecule has 2 aromatic carbocycles. The van der Waals surface area contributed by atoms with Gasteiger partial charge >= 0.3 is 0 Å². The molecule has 3 atom stereocenters. The summed E-state index contributed by atoms with van der Waals surface area (Å²) in [6.45, 7) is 0.655. The Morgan fingerprint density at radius 2 is 1.96 bits per heavy atom. The molecule has 2 aromatic rings. The summed E-state index contributed by atoms with van der Waals surface area (Å²) < 4.78 is 12.2. The van der Waals surface area contributed by atoms with Gasteiger partial charge in [-0.2, -0.15) is 5.26 Å². The third-order valence-corrected chi connectivity index (χ3v) is 5.69. The number of hydrogen-bond donors (Lipinski definition) is 0. The number of non-ortho nitro benzene ring substituents is 1. The molecular weight excluding hydrogens is 358 g/mol. The van der Waals surface area contributed by atoms with Gasteiger partial charge in [0.1, 0.15) is 12.3 Å². The van der Waals surface area contributed by atoms with E-state index in [2.05, 4.69) is 6.07 Å². The van der Waals surface area contributed by atoms with Gasteiger partial charge in [-0.05, 0) is 30.5 Å². The Morgan fingerprint density at radius 1 is 1.18 bits per heavy atom. The molecule has 3 aliphatic rings. The van der Waals surface area contributed by atoms with Crippen LogP contribution < -0.4 is 9.64 Å². The number of nitriles is 1. The van der Waals surface area contributed by atoms with Crippen LogP contribution in [0.3, 0.4) is 0 Å². The minimum atomic E-state index is -0.417. The number of nitro groups is 1. The second kappa shape index (κ2) is 6.36. The number of anilines is 1. The Kier molecular flexibility index (Phi) is 3.81. The van der Waals surface area contributed by atoms with Crippen LogP contribution in [0.25, 0.3) is 0 Å². The van der Waals surface area contributed by atoms with Crippen LogP contribution in [0.5, 0.6) is 5.75 Å². The minimum Gasteiger partial charge on any atom is -0.437 e. The summed E-state index contributed by atoms with van der Waals surface area (Å²) >= 11 is 0.